The Morgan fingerprint density at radius 2 is 1.15 bits per heavy atom. The Balaban J connectivity index is 2.34. The number of benzene rings is 2. The van der Waals surface area contributed by atoms with Crippen LogP contribution in [-0.2, 0) is 12.4 Å². The first kappa shape index (κ1) is 18.8. The third-order valence-corrected chi connectivity index (χ3v) is 3.92. The molecule has 2 nitrogen and oxygen atoms in total. The molecule has 0 aliphatic heterocycles. The van der Waals surface area contributed by atoms with Crippen LogP contribution in [0.15, 0.2) is 60.8 Å². The van der Waals surface area contributed by atoms with Gasteiger partial charge in [-0.3, -0.25) is 4.98 Å². The second-order valence-electron chi connectivity index (χ2n) is 5.75. The van der Waals surface area contributed by atoms with E-state index >= 15 is 0 Å². The van der Waals surface area contributed by atoms with Gasteiger partial charge in [-0.15, -0.1) is 0 Å². The molecule has 0 atom stereocenters. The van der Waals surface area contributed by atoms with Crippen molar-refractivity contribution in [2.75, 3.05) is 5.73 Å². The number of nitrogens with two attached hydrogens (primary N) is 1. The van der Waals surface area contributed by atoms with Crippen molar-refractivity contribution in [2.24, 2.45) is 0 Å². The molecule has 0 amide bonds. The Morgan fingerprint density at radius 3 is 1.70 bits per heavy atom. The van der Waals surface area contributed by atoms with E-state index in [4.69, 9.17) is 5.73 Å². The highest BCUT2D eigenvalue weighted by atomic mass is 19.4. The van der Waals surface area contributed by atoms with Gasteiger partial charge in [0.1, 0.15) is 0 Å². The van der Waals surface area contributed by atoms with E-state index in [0.717, 1.165) is 18.3 Å². The Morgan fingerprint density at radius 1 is 0.667 bits per heavy atom. The highest BCUT2D eigenvalue weighted by molar-refractivity contribution is 5.85. The zero-order chi connectivity index (χ0) is 19.8. The van der Waals surface area contributed by atoms with Crippen LogP contribution in [-0.4, -0.2) is 4.98 Å². The molecule has 0 saturated carbocycles. The molecule has 27 heavy (non-hydrogen) atoms. The first-order valence-corrected chi connectivity index (χ1v) is 7.68. The number of hydrogen-bond acceptors (Lipinski definition) is 2. The molecular formula is C19H12F6N2. The van der Waals surface area contributed by atoms with Crippen LogP contribution in [0.1, 0.15) is 11.1 Å². The number of alkyl halides is 6. The Kier molecular flexibility index (Phi) is 4.59. The third kappa shape index (κ3) is 3.74. The predicted octanol–water partition coefficient (Wildman–Crippen LogP) is 6.04. The average Bonchev–Trinajstić information content (AvgIpc) is 2.60. The topological polar surface area (TPSA) is 38.9 Å². The van der Waals surface area contributed by atoms with E-state index in [1.54, 1.807) is 0 Å². The maximum Gasteiger partial charge on any atom is 0.417 e. The second kappa shape index (κ2) is 6.61. The lowest BCUT2D eigenvalue weighted by Gasteiger charge is -2.18. The molecule has 140 valence electrons. The zero-order valence-corrected chi connectivity index (χ0v) is 13.6. The Hall–Kier alpha value is -3.03. The number of halogens is 6. The molecule has 0 saturated heterocycles. The van der Waals surface area contributed by atoms with Crippen molar-refractivity contribution in [3.05, 3.63) is 71.9 Å². The van der Waals surface area contributed by atoms with Crippen LogP contribution in [0, 0.1) is 0 Å². The number of pyridine rings is 1. The van der Waals surface area contributed by atoms with Gasteiger partial charge in [-0.05, 0) is 23.8 Å². The molecule has 0 spiro atoms. The SMILES string of the molecule is Nc1cnc(-c2ccccc2C(F)(F)F)c(-c2ccccc2C(F)(F)F)c1. The molecule has 0 aliphatic rings. The summed E-state index contributed by atoms with van der Waals surface area (Å²) in [4.78, 5) is 3.93. The molecular weight excluding hydrogens is 370 g/mol. The van der Waals surface area contributed by atoms with E-state index in [2.05, 4.69) is 4.98 Å². The van der Waals surface area contributed by atoms with Gasteiger partial charge in [-0.1, -0.05) is 36.4 Å². The van der Waals surface area contributed by atoms with E-state index in [9.17, 15) is 26.3 Å². The van der Waals surface area contributed by atoms with Gasteiger partial charge < -0.3 is 5.73 Å². The van der Waals surface area contributed by atoms with Crippen molar-refractivity contribution in [2.45, 2.75) is 12.4 Å². The minimum atomic E-state index is -4.69. The zero-order valence-electron chi connectivity index (χ0n) is 13.6. The normalized spacial score (nSPS) is 12.2. The Labute approximate surface area is 150 Å². The van der Waals surface area contributed by atoms with Crippen molar-refractivity contribution in [3.8, 4) is 22.4 Å². The lowest BCUT2D eigenvalue weighted by Crippen LogP contribution is -2.10. The van der Waals surface area contributed by atoms with Crippen LogP contribution in [0.25, 0.3) is 22.4 Å². The van der Waals surface area contributed by atoms with Crippen LogP contribution in [0.2, 0.25) is 0 Å². The quantitative estimate of drug-likeness (QED) is 0.549. The highest BCUT2D eigenvalue weighted by Gasteiger charge is 2.36. The monoisotopic (exact) mass is 382 g/mol. The summed E-state index contributed by atoms with van der Waals surface area (Å²) in [6, 6.07) is 10.4. The number of nitrogen functional groups attached to an aromatic ring is 1. The molecule has 0 fully saturated rings. The van der Waals surface area contributed by atoms with Gasteiger partial charge in [0.25, 0.3) is 0 Å². The van der Waals surface area contributed by atoms with Crippen molar-refractivity contribution in [1.29, 1.82) is 0 Å². The standard InChI is InChI=1S/C19H12F6N2/c20-18(21,22)15-7-3-1-5-12(15)14-9-11(26)10-27-17(14)13-6-2-4-8-16(13)19(23,24)25/h1-10H,26H2. The van der Waals surface area contributed by atoms with Crippen LogP contribution < -0.4 is 5.73 Å². The number of hydrogen-bond donors (Lipinski definition) is 1. The predicted molar refractivity (Wildman–Crippen MR) is 89.5 cm³/mol. The van der Waals surface area contributed by atoms with E-state index in [1.807, 2.05) is 0 Å². The molecule has 3 rings (SSSR count). The van der Waals surface area contributed by atoms with Crippen LogP contribution in [0.5, 0.6) is 0 Å². The van der Waals surface area contributed by atoms with Crippen molar-refractivity contribution < 1.29 is 26.3 Å². The van der Waals surface area contributed by atoms with Gasteiger partial charge in [0.05, 0.1) is 28.7 Å². The molecule has 1 heterocycles. The third-order valence-electron chi connectivity index (χ3n) is 3.92. The highest BCUT2D eigenvalue weighted by Crippen LogP contribution is 2.43. The second-order valence-corrected chi connectivity index (χ2v) is 5.75. The van der Waals surface area contributed by atoms with Gasteiger partial charge in [-0.2, -0.15) is 26.3 Å². The fourth-order valence-corrected chi connectivity index (χ4v) is 2.80. The number of anilines is 1. The fraction of sp³-hybridized carbons (Fsp3) is 0.105. The molecule has 0 bridgehead atoms. The summed E-state index contributed by atoms with van der Waals surface area (Å²) in [5, 5.41) is 0. The lowest BCUT2D eigenvalue weighted by molar-refractivity contribution is -0.138. The van der Waals surface area contributed by atoms with Gasteiger partial charge in [0.2, 0.25) is 0 Å². The van der Waals surface area contributed by atoms with Crippen molar-refractivity contribution in [1.82, 2.24) is 4.98 Å². The minimum Gasteiger partial charge on any atom is -0.397 e. The number of aromatic nitrogens is 1. The summed E-state index contributed by atoms with van der Waals surface area (Å²) in [5.41, 5.74) is 2.75. The number of nitrogens with zero attached hydrogens (tertiary/aromatic N) is 1. The van der Waals surface area contributed by atoms with Crippen LogP contribution >= 0.6 is 0 Å². The molecule has 0 radical (unpaired) electrons. The minimum absolute atomic E-state index is 0.0372. The maximum absolute atomic E-state index is 13.4. The van der Waals surface area contributed by atoms with E-state index in [-0.39, 0.29) is 28.1 Å². The summed E-state index contributed by atoms with van der Waals surface area (Å²) in [5.74, 6) is 0. The molecule has 3 aromatic rings. The lowest BCUT2D eigenvalue weighted by atomic mass is 9.93. The summed E-state index contributed by atoms with van der Waals surface area (Å²) in [6.07, 6.45) is -8.27. The van der Waals surface area contributed by atoms with Crippen LogP contribution in [0.4, 0.5) is 32.0 Å². The molecule has 0 unspecified atom stereocenters. The first-order valence-electron chi connectivity index (χ1n) is 7.68. The van der Waals surface area contributed by atoms with Crippen LogP contribution in [0.3, 0.4) is 0 Å². The molecule has 0 aliphatic carbocycles. The van der Waals surface area contributed by atoms with E-state index in [0.29, 0.717) is 0 Å². The summed E-state index contributed by atoms with van der Waals surface area (Å²) >= 11 is 0. The van der Waals surface area contributed by atoms with Gasteiger partial charge in [0, 0.05) is 11.1 Å². The van der Waals surface area contributed by atoms with Crippen molar-refractivity contribution in [3.63, 3.8) is 0 Å². The molecule has 8 heteroatoms. The van der Waals surface area contributed by atoms with E-state index < -0.39 is 23.5 Å². The average molecular weight is 382 g/mol. The molecule has 2 N–H and O–H groups in total. The van der Waals surface area contributed by atoms with Crippen molar-refractivity contribution >= 4 is 5.69 Å². The maximum atomic E-state index is 13.4. The Bertz CT molecular complexity index is 976. The fourth-order valence-electron chi connectivity index (χ4n) is 2.80. The van der Waals surface area contributed by atoms with E-state index in [1.165, 1.54) is 42.5 Å². The molecule has 2 aromatic carbocycles. The summed E-state index contributed by atoms with van der Waals surface area (Å²) in [7, 11) is 0. The number of rotatable bonds is 2. The largest absolute Gasteiger partial charge is 0.417 e. The smallest absolute Gasteiger partial charge is 0.397 e. The first-order chi connectivity index (χ1) is 12.6. The van der Waals surface area contributed by atoms with Gasteiger partial charge >= 0.3 is 12.4 Å². The summed E-state index contributed by atoms with van der Waals surface area (Å²) in [6.45, 7) is 0. The van der Waals surface area contributed by atoms with Gasteiger partial charge in [0.15, 0.2) is 0 Å². The summed E-state index contributed by atoms with van der Waals surface area (Å²) < 4.78 is 80.4. The molecule has 1 aromatic heterocycles. The van der Waals surface area contributed by atoms with Gasteiger partial charge in [-0.25, -0.2) is 0 Å².